The van der Waals surface area contributed by atoms with Crippen LogP contribution in [0.1, 0.15) is 34.6 Å². The average Bonchev–Trinajstić information content (AvgIpc) is 2.20. The molecular weight excluding hydrogens is 232 g/mol. The number of carbonyl (C=O) groups is 2. The maximum absolute atomic E-state index is 11.3. The molecule has 4 heteroatoms. The maximum Gasteiger partial charge on any atom is 0.333 e. The molecule has 0 heterocycles. The Hall–Kier alpha value is -1.58. The molecule has 0 amide bonds. The second-order valence-corrected chi connectivity index (χ2v) is 5.51. The topological polar surface area (TPSA) is 63.6 Å². The minimum absolute atomic E-state index is 0.153. The number of ether oxygens (including phenoxy) is 1. The summed E-state index contributed by atoms with van der Waals surface area (Å²) in [5.41, 5.74) is 0.398. The van der Waals surface area contributed by atoms with Crippen molar-refractivity contribution in [3.05, 3.63) is 23.8 Å². The van der Waals surface area contributed by atoms with Crippen LogP contribution in [0.5, 0.6) is 0 Å². The zero-order valence-corrected chi connectivity index (χ0v) is 11.7. The Morgan fingerprint density at radius 1 is 1.33 bits per heavy atom. The van der Waals surface area contributed by atoms with Crippen molar-refractivity contribution in [1.82, 2.24) is 0 Å². The van der Waals surface area contributed by atoms with Gasteiger partial charge in [-0.25, -0.2) is 9.59 Å². The highest BCUT2D eigenvalue weighted by molar-refractivity contribution is 5.87. The van der Waals surface area contributed by atoms with Gasteiger partial charge in [-0.1, -0.05) is 33.4 Å². The molecule has 0 aromatic heterocycles. The molecule has 4 nitrogen and oxygen atoms in total. The number of rotatable bonds is 5. The fourth-order valence-corrected chi connectivity index (χ4v) is 1.21. The lowest BCUT2D eigenvalue weighted by molar-refractivity contribution is -0.140. The predicted octanol–water partition coefficient (Wildman–Crippen LogP) is 2.80. The van der Waals surface area contributed by atoms with E-state index >= 15 is 0 Å². The van der Waals surface area contributed by atoms with Gasteiger partial charge in [0, 0.05) is 17.1 Å². The Morgan fingerprint density at radius 3 is 2.17 bits per heavy atom. The van der Waals surface area contributed by atoms with E-state index in [0.29, 0.717) is 5.57 Å². The van der Waals surface area contributed by atoms with Crippen LogP contribution in [-0.4, -0.2) is 23.7 Å². The average molecular weight is 254 g/mol. The van der Waals surface area contributed by atoms with Crippen LogP contribution in [-0.2, 0) is 14.3 Å². The Kier molecular flexibility index (Phi) is 5.82. The van der Waals surface area contributed by atoms with Crippen molar-refractivity contribution in [3.8, 4) is 0 Å². The van der Waals surface area contributed by atoms with Crippen LogP contribution in [0, 0.1) is 11.3 Å². The SMILES string of the molecule is C=C(C)C(=O)OCC(C=C(C)C(=O)O)C(C)(C)C. The number of carbonyl (C=O) groups excluding carboxylic acids is 1. The lowest BCUT2D eigenvalue weighted by Gasteiger charge is -2.28. The number of carboxylic acids is 1. The second kappa shape index (κ2) is 6.38. The van der Waals surface area contributed by atoms with Crippen molar-refractivity contribution < 1.29 is 19.4 Å². The lowest BCUT2D eigenvalue weighted by Crippen LogP contribution is -2.26. The summed E-state index contributed by atoms with van der Waals surface area (Å²) >= 11 is 0. The van der Waals surface area contributed by atoms with Gasteiger partial charge in [0.05, 0.1) is 6.61 Å². The zero-order valence-electron chi connectivity index (χ0n) is 11.7. The standard InChI is InChI=1S/C14H22O4/c1-9(2)13(17)18-8-11(14(4,5)6)7-10(3)12(15)16/h7,11H,1,8H2,2-6H3,(H,15,16). The van der Waals surface area contributed by atoms with Gasteiger partial charge in [0.25, 0.3) is 0 Å². The monoisotopic (exact) mass is 254 g/mol. The maximum atomic E-state index is 11.3. The Bertz CT molecular complexity index is 372. The largest absolute Gasteiger partial charge is 0.478 e. The molecule has 1 atom stereocenters. The second-order valence-electron chi connectivity index (χ2n) is 5.51. The molecular formula is C14H22O4. The van der Waals surface area contributed by atoms with Gasteiger partial charge in [-0.15, -0.1) is 0 Å². The minimum atomic E-state index is -0.963. The first-order valence-corrected chi connectivity index (χ1v) is 5.80. The first kappa shape index (κ1) is 16.4. The summed E-state index contributed by atoms with van der Waals surface area (Å²) in [6.45, 7) is 12.7. The van der Waals surface area contributed by atoms with E-state index in [9.17, 15) is 9.59 Å². The lowest BCUT2D eigenvalue weighted by atomic mass is 9.80. The van der Waals surface area contributed by atoms with Crippen molar-refractivity contribution >= 4 is 11.9 Å². The van der Waals surface area contributed by atoms with Crippen LogP contribution in [0.2, 0.25) is 0 Å². The fraction of sp³-hybridized carbons (Fsp3) is 0.571. The number of esters is 1. The highest BCUT2D eigenvalue weighted by Gasteiger charge is 2.25. The Balaban J connectivity index is 4.84. The van der Waals surface area contributed by atoms with Gasteiger partial charge < -0.3 is 9.84 Å². The van der Waals surface area contributed by atoms with E-state index in [1.807, 2.05) is 20.8 Å². The molecule has 18 heavy (non-hydrogen) atoms. The van der Waals surface area contributed by atoms with Gasteiger partial charge in [0.15, 0.2) is 0 Å². The molecule has 0 saturated heterocycles. The molecule has 102 valence electrons. The number of aliphatic carboxylic acids is 1. The molecule has 0 spiro atoms. The molecule has 0 aliphatic heterocycles. The Morgan fingerprint density at radius 2 is 1.83 bits per heavy atom. The number of hydrogen-bond acceptors (Lipinski definition) is 3. The minimum Gasteiger partial charge on any atom is -0.478 e. The first-order valence-electron chi connectivity index (χ1n) is 5.80. The molecule has 0 aliphatic carbocycles. The van der Waals surface area contributed by atoms with Crippen LogP contribution in [0.3, 0.4) is 0 Å². The molecule has 0 rings (SSSR count). The zero-order chi connectivity index (χ0) is 14.5. The highest BCUT2D eigenvalue weighted by atomic mass is 16.5. The summed E-state index contributed by atoms with van der Waals surface area (Å²) < 4.78 is 5.10. The third kappa shape index (κ3) is 5.66. The molecule has 0 aromatic carbocycles. The van der Waals surface area contributed by atoms with Crippen molar-refractivity contribution in [3.63, 3.8) is 0 Å². The molecule has 0 saturated carbocycles. The van der Waals surface area contributed by atoms with E-state index in [1.54, 1.807) is 13.0 Å². The molecule has 0 fully saturated rings. The molecule has 1 N–H and O–H groups in total. The van der Waals surface area contributed by atoms with Crippen molar-refractivity contribution in [2.75, 3.05) is 6.61 Å². The molecule has 0 aliphatic rings. The van der Waals surface area contributed by atoms with Crippen molar-refractivity contribution in [1.29, 1.82) is 0 Å². The highest BCUT2D eigenvalue weighted by Crippen LogP contribution is 2.28. The predicted molar refractivity (Wildman–Crippen MR) is 70.1 cm³/mol. The van der Waals surface area contributed by atoms with Gasteiger partial charge in [0.2, 0.25) is 0 Å². The van der Waals surface area contributed by atoms with Crippen molar-refractivity contribution in [2.45, 2.75) is 34.6 Å². The summed E-state index contributed by atoms with van der Waals surface area (Å²) in [6, 6.07) is 0. The summed E-state index contributed by atoms with van der Waals surface area (Å²) in [5.74, 6) is -1.57. The van der Waals surface area contributed by atoms with E-state index in [4.69, 9.17) is 9.84 Å². The van der Waals surface area contributed by atoms with Gasteiger partial charge in [-0.2, -0.15) is 0 Å². The van der Waals surface area contributed by atoms with Crippen molar-refractivity contribution in [2.24, 2.45) is 11.3 Å². The van der Waals surface area contributed by atoms with E-state index in [0.717, 1.165) is 0 Å². The Labute approximate surface area is 108 Å². The first-order chi connectivity index (χ1) is 8.05. The van der Waals surface area contributed by atoms with Crippen LogP contribution in [0.4, 0.5) is 0 Å². The van der Waals surface area contributed by atoms with E-state index in [1.165, 1.54) is 6.92 Å². The van der Waals surface area contributed by atoms with Crippen LogP contribution in [0.15, 0.2) is 23.8 Å². The molecule has 0 aromatic rings. The summed E-state index contributed by atoms with van der Waals surface area (Å²) in [4.78, 5) is 22.2. The molecule has 0 bridgehead atoms. The van der Waals surface area contributed by atoms with Gasteiger partial charge in [0.1, 0.15) is 0 Å². The quantitative estimate of drug-likeness (QED) is 0.605. The van der Waals surface area contributed by atoms with Gasteiger partial charge in [-0.3, -0.25) is 0 Å². The van der Waals surface area contributed by atoms with Crippen LogP contribution >= 0.6 is 0 Å². The number of hydrogen-bond donors (Lipinski definition) is 1. The third-order valence-corrected chi connectivity index (χ3v) is 2.64. The fourth-order valence-electron chi connectivity index (χ4n) is 1.21. The summed E-state index contributed by atoms with van der Waals surface area (Å²) in [7, 11) is 0. The van der Waals surface area contributed by atoms with Gasteiger partial charge >= 0.3 is 11.9 Å². The van der Waals surface area contributed by atoms with Crippen LogP contribution < -0.4 is 0 Å². The molecule has 1 unspecified atom stereocenters. The van der Waals surface area contributed by atoms with E-state index in [2.05, 4.69) is 6.58 Å². The third-order valence-electron chi connectivity index (χ3n) is 2.64. The van der Waals surface area contributed by atoms with E-state index < -0.39 is 11.9 Å². The number of carboxylic acid groups (broad SMARTS) is 1. The smallest absolute Gasteiger partial charge is 0.333 e. The van der Waals surface area contributed by atoms with E-state index in [-0.39, 0.29) is 23.5 Å². The van der Waals surface area contributed by atoms with Gasteiger partial charge in [-0.05, 0) is 19.3 Å². The molecule has 0 radical (unpaired) electrons. The summed E-state index contributed by atoms with van der Waals surface area (Å²) in [6.07, 6.45) is 1.63. The summed E-state index contributed by atoms with van der Waals surface area (Å²) in [5, 5.41) is 8.87. The normalized spacial score (nSPS) is 13.9. The van der Waals surface area contributed by atoms with Crippen LogP contribution in [0.25, 0.3) is 0 Å².